The first-order chi connectivity index (χ1) is 13.3. The first kappa shape index (κ1) is 21.2. The Balaban J connectivity index is 1.47. The van der Waals surface area contributed by atoms with E-state index in [1.54, 1.807) is 0 Å². The summed E-state index contributed by atoms with van der Waals surface area (Å²) >= 11 is 0. The van der Waals surface area contributed by atoms with Gasteiger partial charge in [0.15, 0.2) is 0 Å². The Morgan fingerprint density at radius 1 is 0.821 bits per heavy atom. The molecule has 4 aliphatic carbocycles. The number of hydrogen-bond donors (Lipinski definition) is 1. The number of aliphatic hydroxyl groups excluding tert-OH is 1. The SMILES string of the molecule is CC(C)CCC[C@@H](C)[C@H]1CC[C@H]2[C@@H]3CC[C@H]4CC[C@H](O)C[C@]4(C)[C@H]3CC[C@]12C. The molecule has 1 N–H and O–H groups in total. The Kier molecular flexibility index (Phi) is 5.98. The third kappa shape index (κ3) is 3.50. The van der Waals surface area contributed by atoms with Crippen LogP contribution in [-0.2, 0) is 0 Å². The highest BCUT2D eigenvalue weighted by Crippen LogP contribution is 2.68. The van der Waals surface area contributed by atoms with Gasteiger partial charge in [0.25, 0.3) is 0 Å². The van der Waals surface area contributed by atoms with Gasteiger partial charge in [-0.25, -0.2) is 0 Å². The molecular formula is C27H48O. The molecule has 28 heavy (non-hydrogen) atoms. The lowest BCUT2D eigenvalue weighted by Crippen LogP contribution is -2.54. The van der Waals surface area contributed by atoms with Crippen LogP contribution >= 0.6 is 0 Å². The fraction of sp³-hybridized carbons (Fsp3) is 1.00. The second-order valence-electron chi connectivity index (χ2n) is 12.6. The molecule has 0 aromatic heterocycles. The molecule has 0 unspecified atom stereocenters. The molecule has 9 atom stereocenters. The number of fused-ring (bicyclic) bond motifs is 5. The van der Waals surface area contributed by atoms with E-state index in [2.05, 4.69) is 34.6 Å². The summed E-state index contributed by atoms with van der Waals surface area (Å²) < 4.78 is 0. The zero-order chi connectivity index (χ0) is 20.1. The summed E-state index contributed by atoms with van der Waals surface area (Å²) in [7, 11) is 0. The minimum atomic E-state index is -0.0226. The molecule has 0 amide bonds. The lowest BCUT2D eigenvalue weighted by atomic mass is 9.44. The van der Waals surface area contributed by atoms with E-state index in [9.17, 15) is 5.11 Å². The lowest BCUT2D eigenvalue weighted by molar-refractivity contribution is -0.132. The molecule has 4 aliphatic rings. The average molecular weight is 389 g/mol. The van der Waals surface area contributed by atoms with Crippen molar-refractivity contribution in [1.82, 2.24) is 0 Å². The molecule has 0 aromatic carbocycles. The Morgan fingerprint density at radius 3 is 2.29 bits per heavy atom. The van der Waals surface area contributed by atoms with Crippen molar-refractivity contribution in [1.29, 1.82) is 0 Å². The Labute approximate surface area is 175 Å². The van der Waals surface area contributed by atoms with E-state index in [1.807, 2.05) is 0 Å². The minimum absolute atomic E-state index is 0.0226. The summed E-state index contributed by atoms with van der Waals surface area (Å²) in [5.74, 6) is 6.46. The Bertz CT molecular complexity index is 540. The highest BCUT2D eigenvalue weighted by atomic mass is 16.3. The average Bonchev–Trinajstić information content (AvgIpc) is 2.98. The van der Waals surface area contributed by atoms with Crippen molar-refractivity contribution in [3.8, 4) is 0 Å². The first-order valence-corrected chi connectivity index (χ1v) is 12.9. The molecule has 4 saturated carbocycles. The first-order valence-electron chi connectivity index (χ1n) is 12.9. The fourth-order valence-electron chi connectivity index (χ4n) is 9.35. The highest BCUT2D eigenvalue weighted by Gasteiger charge is 2.60. The standard InChI is InChI=1S/C27H48O/c1-18(2)7-6-8-19(3)23-13-14-24-22-12-10-20-9-11-21(28)17-27(20,5)25(22)15-16-26(23,24)4/h18-25,28H,6-17H2,1-5H3/t19-,20-,21+,22+,23-,24+,25+,26-,27+/m1/s1. The van der Waals surface area contributed by atoms with Crippen LogP contribution in [0.1, 0.15) is 112 Å². The van der Waals surface area contributed by atoms with Crippen LogP contribution in [0.3, 0.4) is 0 Å². The zero-order valence-corrected chi connectivity index (χ0v) is 19.6. The van der Waals surface area contributed by atoms with E-state index >= 15 is 0 Å². The molecule has 0 aliphatic heterocycles. The van der Waals surface area contributed by atoms with Crippen molar-refractivity contribution in [2.75, 3.05) is 0 Å². The Hall–Kier alpha value is -0.0400. The summed E-state index contributed by atoms with van der Waals surface area (Å²) in [6.45, 7) is 12.6. The van der Waals surface area contributed by atoms with Gasteiger partial charge in [-0.2, -0.15) is 0 Å². The highest BCUT2D eigenvalue weighted by molar-refractivity contribution is 5.09. The maximum absolute atomic E-state index is 10.5. The third-order valence-electron chi connectivity index (χ3n) is 10.8. The molecule has 1 nitrogen and oxygen atoms in total. The van der Waals surface area contributed by atoms with Gasteiger partial charge in [-0.05, 0) is 110 Å². The molecule has 162 valence electrons. The van der Waals surface area contributed by atoms with Crippen molar-refractivity contribution in [3.63, 3.8) is 0 Å². The molecule has 0 bridgehead atoms. The molecule has 4 rings (SSSR count). The van der Waals surface area contributed by atoms with E-state index in [0.717, 1.165) is 54.3 Å². The van der Waals surface area contributed by atoms with Crippen molar-refractivity contribution in [2.45, 2.75) is 118 Å². The predicted octanol–water partition coefficient (Wildman–Crippen LogP) is 7.47. The van der Waals surface area contributed by atoms with Gasteiger partial charge in [0.2, 0.25) is 0 Å². The van der Waals surface area contributed by atoms with Crippen LogP contribution in [0.5, 0.6) is 0 Å². The van der Waals surface area contributed by atoms with Gasteiger partial charge in [-0.15, -0.1) is 0 Å². The van der Waals surface area contributed by atoms with Crippen LogP contribution in [0.15, 0.2) is 0 Å². The van der Waals surface area contributed by atoms with Gasteiger partial charge in [-0.1, -0.05) is 53.9 Å². The van der Waals surface area contributed by atoms with Crippen LogP contribution in [0, 0.1) is 52.3 Å². The molecule has 0 saturated heterocycles. The van der Waals surface area contributed by atoms with Crippen LogP contribution < -0.4 is 0 Å². The maximum Gasteiger partial charge on any atom is 0.0545 e. The van der Waals surface area contributed by atoms with Crippen LogP contribution in [0.25, 0.3) is 0 Å². The summed E-state index contributed by atoms with van der Waals surface area (Å²) in [6.07, 6.45) is 16.6. The normalized spacial score (nSPS) is 49.4. The van der Waals surface area contributed by atoms with Crippen molar-refractivity contribution >= 4 is 0 Å². The van der Waals surface area contributed by atoms with Gasteiger partial charge in [0, 0.05) is 0 Å². The molecule has 0 spiro atoms. The van der Waals surface area contributed by atoms with Gasteiger partial charge < -0.3 is 5.11 Å². The van der Waals surface area contributed by atoms with E-state index in [-0.39, 0.29) is 6.10 Å². The zero-order valence-electron chi connectivity index (χ0n) is 19.6. The molecule has 0 aromatic rings. The summed E-state index contributed by atoms with van der Waals surface area (Å²) in [5, 5.41) is 10.5. The monoisotopic (exact) mass is 388 g/mol. The molecule has 0 heterocycles. The van der Waals surface area contributed by atoms with Crippen LogP contribution in [0.4, 0.5) is 0 Å². The summed E-state index contributed by atoms with van der Waals surface area (Å²) in [5.41, 5.74) is 1.04. The van der Waals surface area contributed by atoms with E-state index in [0.29, 0.717) is 10.8 Å². The van der Waals surface area contributed by atoms with Crippen molar-refractivity contribution < 1.29 is 5.11 Å². The topological polar surface area (TPSA) is 20.2 Å². The second-order valence-corrected chi connectivity index (χ2v) is 12.6. The third-order valence-corrected chi connectivity index (χ3v) is 10.8. The van der Waals surface area contributed by atoms with Gasteiger partial charge >= 0.3 is 0 Å². The van der Waals surface area contributed by atoms with Crippen LogP contribution in [0.2, 0.25) is 0 Å². The Morgan fingerprint density at radius 2 is 1.54 bits per heavy atom. The van der Waals surface area contributed by atoms with Gasteiger partial charge in [0.1, 0.15) is 0 Å². The molecule has 4 fully saturated rings. The van der Waals surface area contributed by atoms with Gasteiger partial charge in [0.05, 0.1) is 6.10 Å². The number of rotatable bonds is 5. The van der Waals surface area contributed by atoms with Gasteiger partial charge in [-0.3, -0.25) is 0 Å². The number of aliphatic hydroxyl groups is 1. The minimum Gasteiger partial charge on any atom is -0.393 e. The molecule has 0 radical (unpaired) electrons. The quantitative estimate of drug-likeness (QED) is 0.518. The lowest BCUT2D eigenvalue weighted by Gasteiger charge is -2.61. The smallest absolute Gasteiger partial charge is 0.0545 e. The van der Waals surface area contributed by atoms with Crippen molar-refractivity contribution in [2.24, 2.45) is 52.3 Å². The fourth-order valence-corrected chi connectivity index (χ4v) is 9.35. The van der Waals surface area contributed by atoms with Crippen LogP contribution in [-0.4, -0.2) is 11.2 Å². The van der Waals surface area contributed by atoms with E-state index < -0.39 is 0 Å². The predicted molar refractivity (Wildman–Crippen MR) is 119 cm³/mol. The number of hydrogen-bond acceptors (Lipinski definition) is 1. The van der Waals surface area contributed by atoms with E-state index in [1.165, 1.54) is 64.2 Å². The maximum atomic E-state index is 10.5. The summed E-state index contributed by atoms with van der Waals surface area (Å²) in [6, 6.07) is 0. The summed E-state index contributed by atoms with van der Waals surface area (Å²) in [4.78, 5) is 0. The van der Waals surface area contributed by atoms with E-state index in [4.69, 9.17) is 0 Å². The molecular weight excluding hydrogens is 340 g/mol. The second kappa shape index (κ2) is 7.90. The van der Waals surface area contributed by atoms with Crippen molar-refractivity contribution in [3.05, 3.63) is 0 Å². The largest absolute Gasteiger partial charge is 0.393 e. The molecule has 1 heteroatoms.